The topological polar surface area (TPSA) is 83.5 Å². The molecule has 3 aromatic rings. The van der Waals surface area contributed by atoms with Gasteiger partial charge in [-0.2, -0.15) is 0 Å². The Bertz CT molecular complexity index is 1010. The highest BCUT2D eigenvalue weighted by atomic mass is 32.2. The summed E-state index contributed by atoms with van der Waals surface area (Å²) in [6, 6.07) is 21.3. The smallest absolute Gasteiger partial charge is 0.336 e. The molecule has 0 fully saturated rings. The van der Waals surface area contributed by atoms with Crippen molar-refractivity contribution in [3.63, 3.8) is 0 Å². The lowest BCUT2D eigenvalue weighted by atomic mass is 9.99. The molecule has 126 valence electrons. The molecule has 3 aromatic carbocycles. The Kier molecular flexibility index (Phi) is 4.54. The fourth-order valence-corrected chi connectivity index (χ4v) is 3.56. The Labute approximate surface area is 145 Å². The summed E-state index contributed by atoms with van der Waals surface area (Å²) in [6.07, 6.45) is 0. The van der Waals surface area contributed by atoms with Gasteiger partial charge in [0.1, 0.15) is 0 Å². The number of hydrogen-bond donors (Lipinski definition) is 2. The van der Waals surface area contributed by atoms with Crippen molar-refractivity contribution in [2.24, 2.45) is 0 Å². The van der Waals surface area contributed by atoms with Gasteiger partial charge in [-0.3, -0.25) is 4.72 Å². The van der Waals surface area contributed by atoms with E-state index in [-0.39, 0.29) is 10.5 Å². The van der Waals surface area contributed by atoms with Gasteiger partial charge in [0.25, 0.3) is 10.0 Å². The molecular formula is C19H15NO4S. The lowest BCUT2D eigenvalue weighted by molar-refractivity contribution is 0.0697. The van der Waals surface area contributed by atoms with E-state index in [1.807, 2.05) is 0 Å². The first kappa shape index (κ1) is 16.7. The van der Waals surface area contributed by atoms with Crippen molar-refractivity contribution in [2.75, 3.05) is 4.72 Å². The average Bonchev–Trinajstić information content (AvgIpc) is 2.62. The molecule has 0 atom stereocenters. The predicted octanol–water partition coefficient (Wildman–Crippen LogP) is 3.85. The van der Waals surface area contributed by atoms with Crippen LogP contribution >= 0.6 is 0 Å². The number of rotatable bonds is 5. The highest BCUT2D eigenvalue weighted by Crippen LogP contribution is 2.27. The van der Waals surface area contributed by atoms with Crippen LogP contribution in [0.15, 0.2) is 83.8 Å². The van der Waals surface area contributed by atoms with Gasteiger partial charge in [0.2, 0.25) is 0 Å². The summed E-state index contributed by atoms with van der Waals surface area (Å²) in [6.45, 7) is 0. The molecule has 0 heterocycles. The van der Waals surface area contributed by atoms with Crippen molar-refractivity contribution < 1.29 is 18.3 Å². The van der Waals surface area contributed by atoms with E-state index in [9.17, 15) is 18.3 Å². The first-order chi connectivity index (χ1) is 12.0. The Hall–Kier alpha value is -3.12. The molecule has 0 aliphatic rings. The Balaban J connectivity index is 1.97. The zero-order valence-electron chi connectivity index (χ0n) is 13.1. The van der Waals surface area contributed by atoms with E-state index in [0.29, 0.717) is 16.8 Å². The molecule has 0 aromatic heterocycles. The molecule has 0 aliphatic heterocycles. The Morgan fingerprint density at radius 3 is 2.24 bits per heavy atom. The monoisotopic (exact) mass is 353 g/mol. The third-order valence-electron chi connectivity index (χ3n) is 3.64. The van der Waals surface area contributed by atoms with Crippen LogP contribution < -0.4 is 4.72 Å². The minimum Gasteiger partial charge on any atom is -0.478 e. The number of anilines is 1. The summed E-state index contributed by atoms with van der Waals surface area (Å²) in [5.41, 5.74) is 1.66. The van der Waals surface area contributed by atoms with Crippen molar-refractivity contribution in [3.05, 3.63) is 84.4 Å². The van der Waals surface area contributed by atoms with Crippen LogP contribution in [-0.4, -0.2) is 19.5 Å². The van der Waals surface area contributed by atoms with Gasteiger partial charge < -0.3 is 5.11 Å². The minimum atomic E-state index is -3.71. The molecule has 25 heavy (non-hydrogen) atoms. The third-order valence-corrected chi connectivity index (χ3v) is 5.03. The van der Waals surface area contributed by atoms with E-state index in [2.05, 4.69) is 4.72 Å². The second-order valence-corrected chi connectivity index (χ2v) is 7.03. The molecule has 0 radical (unpaired) electrons. The number of aromatic carboxylic acids is 1. The summed E-state index contributed by atoms with van der Waals surface area (Å²) in [5.74, 6) is -1.04. The Morgan fingerprint density at radius 2 is 1.52 bits per heavy atom. The highest BCUT2D eigenvalue weighted by Gasteiger charge is 2.15. The fraction of sp³-hybridized carbons (Fsp3) is 0. The maximum atomic E-state index is 12.4. The number of carboxylic acids is 1. The van der Waals surface area contributed by atoms with Crippen LogP contribution in [-0.2, 0) is 10.0 Å². The molecule has 0 bridgehead atoms. The molecule has 2 N–H and O–H groups in total. The summed E-state index contributed by atoms with van der Waals surface area (Å²) in [5, 5.41) is 9.32. The van der Waals surface area contributed by atoms with E-state index >= 15 is 0 Å². The molecule has 0 spiro atoms. The zero-order valence-corrected chi connectivity index (χ0v) is 13.9. The lowest BCUT2D eigenvalue weighted by Crippen LogP contribution is -2.12. The van der Waals surface area contributed by atoms with E-state index in [1.54, 1.807) is 60.7 Å². The van der Waals surface area contributed by atoms with Crippen molar-refractivity contribution in [2.45, 2.75) is 4.90 Å². The number of nitrogens with one attached hydrogen (secondary N) is 1. The molecule has 0 unspecified atom stereocenters. The maximum Gasteiger partial charge on any atom is 0.336 e. The molecule has 0 saturated carbocycles. The van der Waals surface area contributed by atoms with Gasteiger partial charge in [0, 0.05) is 5.69 Å². The van der Waals surface area contributed by atoms with Crippen LogP contribution in [0.2, 0.25) is 0 Å². The van der Waals surface area contributed by atoms with Gasteiger partial charge in [0.05, 0.1) is 10.5 Å². The summed E-state index contributed by atoms with van der Waals surface area (Å²) < 4.78 is 27.4. The molecule has 0 saturated heterocycles. The number of benzene rings is 3. The van der Waals surface area contributed by atoms with E-state index < -0.39 is 16.0 Å². The van der Waals surface area contributed by atoms with Crippen molar-refractivity contribution in [1.82, 2.24) is 0 Å². The number of sulfonamides is 1. The second-order valence-electron chi connectivity index (χ2n) is 5.35. The van der Waals surface area contributed by atoms with Crippen LogP contribution in [0.25, 0.3) is 11.1 Å². The van der Waals surface area contributed by atoms with Crippen LogP contribution in [0.5, 0.6) is 0 Å². The third kappa shape index (κ3) is 3.70. The number of hydrogen-bond acceptors (Lipinski definition) is 3. The number of carbonyl (C=O) groups is 1. The molecule has 5 nitrogen and oxygen atoms in total. The SMILES string of the molecule is O=C(O)c1ccccc1-c1cccc(NS(=O)(=O)c2ccccc2)c1. The summed E-state index contributed by atoms with van der Waals surface area (Å²) in [7, 11) is -3.71. The maximum absolute atomic E-state index is 12.4. The zero-order chi connectivity index (χ0) is 17.9. The van der Waals surface area contributed by atoms with Crippen molar-refractivity contribution in [3.8, 4) is 11.1 Å². The number of carboxylic acid groups (broad SMARTS) is 1. The summed E-state index contributed by atoms with van der Waals surface area (Å²) >= 11 is 0. The first-order valence-corrected chi connectivity index (χ1v) is 8.96. The van der Waals surface area contributed by atoms with Gasteiger partial charge in [-0.25, -0.2) is 13.2 Å². The summed E-state index contributed by atoms with van der Waals surface area (Å²) in [4.78, 5) is 11.5. The van der Waals surface area contributed by atoms with Crippen LogP contribution in [0.1, 0.15) is 10.4 Å². The lowest BCUT2D eigenvalue weighted by Gasteiger charge is -2.11. The van der Waals surface area contributed by atoms with Gasteiger partial charge in [-0.05, 0) is 41.5 Å². The standard InChI is InChI=1S/C19H15NO4S/c21-19(22)18-12-5-4-11-17(18)14-7-6-8-15(13-14)20-25(23,24)16-9-2-1-3-10-16/h1-13,20H,(H,21,22). The quantitative estimate of drug-likeness (QED) is 0.730. The first-order valence-electron chi connectivity index (χ1n) is 7.48. The predicted molar refractivity (Wildman–Crippen MR) is 96.1 cm³/mol. The molecular weight excluding hydrogens is 338 g/mol. The van der Waals surface area contributed by atoms with Gasteiger partial charge in [-0.15, -0.1) is 0 Å². The second kappa shape index (κ2) is 6.78. The van der Waals surface area contributed by atoms with Gasteiger partial charge in [-0.1, -0.05) is 48.5 Å². The van der Waals surface area contributed by atoms with Gasteiger partial charge in [0.15, 0.2) is 0 Å². The normalized spacial score (nSPS) is 11.0. The molecule has 0 aliphatic carbocycles. The molecule has 6 heteroatoms. The van der Waals surface area contributed by atoms with Crippen LogP contribution in [0.3, 0.4) is 0 Å². The molecule has 3 rings (SSSR count). The van der Waals surface area contributed by atoms with E-state index in [4.69, 9.17) is 0 Å². The van der Waals surface area contributed by atoms with Crippen LogP contribution in [0, 0.1) is 0 Å². The minimum absolute atomic E-state index is 0.158. The van der Waals surface area contributed by atoms with Gasteiger partial charge >= 0.3 is 5.97 Å². The largest absolute Gasteiger partial charge is 0.478 e. The highest BCUT2D eigenvalue weighted by molar-refractivity contribution is 7.92. The Morgan fingerprint density at radius 1 is 0.840 bits per heavy atom. The van der Waals surface area contributed by atoms with E-state index in [0.717, 1.165) is 0 Å². The van der Waals surface area contributed by atoms with Crippen LogP contribution in [0.4, 0.5) is 5.69 Å². The average molecular weight is 353 g/mol. The fourth-order valence-electron chi connectivity index (χ4n) is 2.49. The van der Waals surface area contributed by atoms with Crippen molar-refractivity contribution >= 4 is 21.7 Å². The van der Waals surface area contributed by atoms with Crippen molar-refractivity contribution in [1.29, 1.82) is 0 Å². The molecule has 0 amide bonds. The van der Waals surface area contributed by atoms with E-state index in [1.165, 1.54) is 18.2 Å².